The van der Waals surface area contributed by atoms with E-state index in [0.29, 0.717) is 12.0 Å². The molecule has 1 atom stereocenters. The van der Waals surface area contributed by atoms with Crippen LogP contribution in [0.4, 0.5) is 0 Å². The fraction of sp³-hybridized carbons (Fsp3) is 0.875. The van der Waals surface area contributed by atoms with E-state index in [4.69, 9.17) is 0 Å². The van der Waals surface area contributed by atoms with E-state index < -0.39 is 0 Å². The van der Waals surface area contributed by atoms with Crippen LogP contribution in [0, 0.1) is 5.92 Å². The van der Waals surface area contributed by atoms with Crippen molar-refractivity contribution in [3.05, 3.63) is 0 Å². The highest BCUT2D eigenvalue weighted by atomic mass is 16.1. The van der Waals surface area contributed by atoms with Crippen LogP contribution in [0.1, 0.15) is 27.2 Å². The Bertz CT molecular complexity index is 101. The van der Waals surface area contributed by atoms with Gasteiger partial charge in [0.2, 0.25) is 6.41 Å². The minimum atomic E-state index is 0.400. The van der Waals surface area contributed by atoms with Gasteiger partial charge in [-0.25, -0.2) is 0 Å². The number of hydrogen-bond donors (Lipinski definition) is 0. The van der Waals surface area contributed by atoms with Crippen molar-refractivity contribution in [1.82, 2.24) is 4.90 Å². The van der Waals surface area contributed by atoms with Crippen LogP contribution < -0.4 is 0 Å². The molecule has 0 aliphatic carbocycles. The van der Waals surface area contributed by atoms with Crippen molar-refractivity contribution in [2.75, 3.05) is 7.05 Å². The highest BCUT2D eigenvalue weighted by Crippen LogP contribution is 2.10. The van der Waals surface area contributed by atoms with Gasteiger partial charge in [-0.1, -0.05) is 20.8 Å². The smallest absolute Gasteiger partial charge is 0.209 e. The van der Waals surface area contributed by atoms with Crippen LogP contribution in [0.2, 0.25) is 0 Å². The SMILES string of the molecule is CCC(C(C)C)N(C)C=O. The van der Waals surface area contributed by atoms with E-state index in [9.17, 15) is 4.79 Å². The lowest BCUT2D eigenvalue weighted by atomic mass is 10.0. The Morgan fingerprint density at radius 1 is 1.50 bits per heavy atom. The lowest BCUT2D eigenvalue weighted by Crippen LogP contribution is -2.34. The Kier molecular flexibility index (Phi) is 4.08. The molecule has 0 saturated carbocycles. The van der Waals surface area contributed by atoms with E-state index in [1.165, 1.54) is 0 Å². The second-order valence-electron chi connectivity index (χ2n) is 2.99. The quantitative estimate of drug-likeness (QED) is 0.546. The fourth-order valence-electron chi connectivity index (χ4n) is 1.31. The summed E-state index contributed by atoms with van der Waals surface area (Å²) < 4.78 is 0. The molecule has 0 fully saturated rings. The zero-order valence-corrected chi connectivity index (χ0v) is 7.29. The second kappa shape index (κ2) is 4.31. The standard InChI is InChI=1S/C8H17NO/c1-5-8(7(2)3)9(4)6-10/h6-8H,5H2,1-4H3. The highest BCUT2D eigenvalue weighted by Gasteiger charge is 2.13. The first-order valence-electron chi connectivity index (χ1n) is 3.80. The van der Waals surface area contributed by atoms with Crippen molar-refractivity contribution in [3.8, 4) is 0 Å². The van der Waals surface area contributed by atoms with Crippen LogP contribution in [0.15, 0.2) is 0 Å². The molecule has 0 aromatic heterocycles. The Morgan fingerprint density at radius 2 is 2.00 bits per heavy atom. The van der Waals surface area contributed by atoms with Gasteiger partial charge in [0.05, 0.1) is 0 Å². The first-order valence-corrected chi connectivity index (χ1v) is 3.80. The van der Waals surface area contributed by atoms with Gasteiger partial charge < -0.3 is 4.90 Å². The largest absolute Gasteiger partial charge is 0.345 e. The Balaban J connectivity index is 3.92. The molecule has 0 heterocycles. The average Bonchev–Trinajstić information content (AvgIpc) is 1.88. The third-order valence-corrected chi connectivity index (χ3v) is 1.88. The maximum atomic E-state index is 10.3. The molecule has 0 spiro atoms. The second-order valence-corrected chi connectivity index (χ2v) is 2.99. The highest BCUT2D eigenvalue weighted by molar-refractivity contribution is 5.47. The number of amides is 1. The van der Waals surface area contributed by atoms with E-state index >= 15 is 0 Å². The summed E-state index contributed by atoms with van der Waals surface area (Å²) in [4.78, 5) is 12.1. The number of carbonyl (C=O) groups is 1. The van der Waals surface area contributed by atoms with E-state index in [0.717, 1.165) is 12.8 Å². The van der Waals surface area contributed by atoms with Crippen LogP contribution in [0.5, 0.6) is 0 Å². The molecule has 2 heteroatoms. The van der Waals surface area contributed by atoms with Crippen molar-refractivity contribution >= 4 is 6.41 Å². The van der Waals surface area contributed by atoms with Crippen LogP contribution in [-0.2, 0) is 4.79 Å². The monoisotopic (exact) mass is 143 g/mol. The molecule has 0 aromatic carbocycles. The number of rotatable bonds is 4. The molecule has 0 aliphatic heterocycles. The van der Waals surface area contributed by atoms with Crippen molar-refractivity contribution in [2.45, 2.75) is 33.2 Å². The summed E-state index contributed by atoms with van der Waals surface area (Å²) in [5.41, 5.74) is 0. The maximum absolute atomic E-state index is 10.3. The summed E-state index contributed by atoms with van der Waals surface area (Å²) in [5.74, 6) is 0.556. The Labute approximate surface area is 63.2 Å². The molecule has 2 nitrogen and oxygen atoms in total. The van der Waals surface area contributed by atoms with Gasteiger partial charge in [0.1, 0.15) is 0 Å². The lowest BCUT2D eigenvalue weighted by Gasteiger charge is -2.26. The molecular formula is C8H17NO. The molecule has 0 radical (unpaired) electrons. The van der Waals surface area contributed by atoms with Gasteiger partial charge in [-0.2, -0.15) is 0 Å². The first kappa shape index (κ1) is 9.47. The van der Waals surface area contributed by atoms with Gasteiger partial charge in [-0.3, -0.25) is 4.79 Å². The first-order chi connectivity index (χ1) is 4.63. The third-order valence-electron chi connectivity index (χ3n) is 1.88. The summed E-state index contributed by atoms with van der Waals surface area (Å²) in [6.45, 7) is 6.37. The van der Waals surface area contributed by atoms with Crippen molar-refractivity contribution in [2.24, 2.45) is 5.92 Å². The predicted molar refractivity (Wildman–Crippen MR) is 42.7 cm³/mol. The predicted octanol–water partition coefficient (Wildman–Crippen LogP) is 1.51. The molecule has 0 rings (SSSR count). The molecule has 10 heavy (non-hydrogen) atoms. The molecule has 0 N–H and O–H groups in total. The average molecular weight is 143 g/mol. The van der Waals surface area contributed by atoms with E-state index in [2.05, 4.69) is 20.8 Å². The Hall–Kier alpha value is -0.530. The van der Waals surface area contributed by atoms with E-state index in [1.54, 1.807) is 4.90 Å². The molecule has 60 valence electrons. The minimum Gasteiger partial charge on any atom is -0.345 e. The number of nitrogens with zero attached hydrogens (tertiary/aromatic N) is 1. The van der Waals surface area contributed by atoms with Crippen LogP contribution in [-0.4, -0.2) is 24.4 Å². The molecule has 0 saturated heterocycles. The van der Waals surface area contributed by atoms with Gasteiger partial charge in [-0.05, 0) is 12.3 Å². The minimum absolute atomic E-state index is 0.400. The van der Waals surface area contributed by atoms with Gasteiger partial charge in [0.25, 0.3) is 0 Å². The van der Waals surface area contributed by atoms with Crippen LogP contribution >= 0.6 is 0 Å². The zero-order valence-electron chi connectivity index (χ0n) is 7.29. The Morgan fingerprint density at radius 3 is 2.10 bits per heavy atom. The van der Waals surface area contributed by atoms with Crippen LogP contribution in [0.3, 0.4) is 0 Å². The van der Waals surface area contributed by atoms with Crippen molar-refractivity contribution < 1.29 is 4.79 Å². The number of hydrogen-bond acceptors (Lipinski definition) is 1. The summed E-state index contributed by atoms with van der Waals surface area (Å²) in [6.07, 6.45) is 1.93. The summed E-state index contributed by atoms with van der Waals surface area (Å²) in [7, 11) is 1.83. The molecule has 1 unspecified atom stereocenters. The maximum Gasteiger partial charge on any atom is 0.209 e. The molecule has 0 aromatic rings. The lowest BCUT2D eigenvalue weighted by molar-refractivity contribution is -0.119. The molecule has 0 aliphatic rings. The van der Waals surface area contributed by atoms with Gasteiger partial charge in [0, 0.05) is 13.1 Å². The summed E-state index contributed by atoms with van der Waals surface area (Å²) in [5, 5.41) is 0. The number of carbonyl (C=O) groups excluding carboxylic acids is 1. The third kappa shape index (κ3) is 2.38. The van der Waals surface area contributed by atoms with Crippen molar-refractivity contribution in [3.63, 3.8) is 0 Å². The zero-order chi connectivity index (χ0) is 8.15. The fourth-order valence-corrected chi connectivity index (χ4v) is 1.31. The summed E-state index contributed by atoms with van der Waals surface area (Å²) >= 11 is 0. The molecule has 0 bridgehead atoms. The van der Waals surface area contributed by atoms with E-state index in [1.807, 2.05) is 7.05 Å². The van der Waals surface area contributed by atoms with Crippen molar-refractivity contribution in [1.29, 1.82) is 0 Å². The summed E-state index contributed by atoms with van der Waals surface area (Å²) in [6, 6.07) is 0.400. The van der Waals surface area contributed by atoms with Gasteiger partial charge >= 0.3 is 0 Å². The van der Waals surface area contributed by atoms with Gasteiger partial charge in [-0.15, -0.1) is 0 Å². The molecular weight excluding hydrogens is 126 g/mol. The van der Waals surface area contributed by atoms with E-state index in [-0.39, 0.29) is 0 Å². The van der Waals surface area contributed by atoms with Gasteiger partial charge in [0.15, 0.2) is 0 Å². The normalized spacial score (nSPS) is 13.3. The molecule has 1 amide bonds. The topological polar surface area (TPSA) is 20.3 Å². The van der Waals surface area contributed by atoms with Crippen LogP contribution in [0.25, 0.3) is 0 Å².